The van der Waals surface area contributed by atoms with Crippen molar-refractivity contribution in [2.75, 3.05) is 32.2 Å². The number of nitrogens with zero attached hydrogens (tertiary/aromatic N) is 2. The van der Waals surface area contributed by atoms with Gasteiger partial charge in [0, 0.05) is 20.3 Å². The third-order valence-corrected chi connectivity index (χ3v) is 3.51. The maximum absolute atomic E-state index is 5.73. The van der Waals surface area contributed by atoms with Crippen LogP contribution in [0.25, 0.3) is 0 Å². The van der Waals surface area contributed by atoms with E-state index in [1.165, 1.54) is 6.33 Å². The average molecular weight is 302 g/mol. The molecular formula is C11H16BrN3O2. The van der Waals surface area contributed by atoms with E-state index < -0.39 is 0 Å². The Bertz CT molecular complexity index is 370. The highest BCUT2D eigenvalue weighted by molar-refractivity contribution is 9.10. The molecule has 1 fully saturated rings. The molecule has 94 valence electrons. The van der Waals surface area contributed by atoms with Gasteiger partial charge in [-0.05, 0) is 34.7 Å². The van der Waals surface area contributed by atoms with Gasteiger partial charge in [0.15, 0.2) is 0 Å². The SMILES string of the molecule is CNc1ncnc(OCC2CCOCC2)c1Br. The van der Waals surface area contributed by atoms with E-state index in [-0.39, 0.29) is 0 Å². The first kappa shape index (κ1) is 12.6. The first-order chi connectivity index (χ1) is 8.31. The maximum atomic E-state index is 5.73. The van der Waals surface area contributed by atoms with Crippen LogP contribution in [0.3, 0.4) is 0 Å². The number of ether oxygens (including phenoxy) is 2. The summed E-state index contributed by atoms with van der Waals surface area (Å²) in [5, 5.41) is 2.98. The fourth-order valence-corrected chi connectivity index (χ4v) is 2.26. The maximum Gasteiger partial charge on any atom is 0.233 e. The zero-order valence-corrected chi connectivity index (χ0v) is 11.4. The molecule has 1 aromatic heterocycles. The molecule has 0 aromatic carbocycles. The minimum Gasteiger partial charge on any atom is -0.476 e. The van der Waals surface area contributed by atoms with Crippen LogP contribution >= 0.6 is 15.9 Å². The van der Waals surface area contributed by atoms with E-state index in [1.807, 2.05) is 7.05 Å². The second-order valence-electron chi connectivity index (χ2n) is 3.96. The molecule has 1 saturated heterocycles. The first-order valence-corrected chi connectivity index (χ1v) is 6.49. The molecule has 0 unspecified atom stereocenters. The second-order valence-corrected chi connectivity index (χ2v) is 4.75. The molecule has 1 N–H and O–H groups in total. The van der Waals surface area contributed by atoms with Crippen LogP contribution in [0.5, 0.6) is 5.88 Å². The van der Waals surface area contributed by atoms with Gasteiger partial charge in [0.1, 0.15) is 16.6 Å². The summed E-state index contributed by atoms with van der Waals surface area (Å²) in [6, 6.07) is 0. The molecule has 2 rings (SSSR count). The summed E-state index contributed by atoms with van der Waals surface area (Å²) in [5.74, 6) is 1.89. The topological polar surface area (TPSA) is 56.3 Å². The van der Waals surface area contributed by atoms with Crippen molar-refractivity contribution in [3.05, 3.63) is 10.8 Å². The first-order valence-electron chi connectivity index (χ1n) is 5.70. The highest BCUT2D eigenvalue weighted by Gasteiger charge is 2.16. The number of hydrogen-bond acceptors (Lipinski definition) is 5. The van der Waals surface area contributed by atoms with Crippen molar-refractivity contribution in [2.24, 2.45) is 5.92 Å². The molecule has 5 nitrogen and oxygen atoms in total. The van der Waals surface area contributed by atoms with Crippen molar-refractivity contribution < 1.29 is 9.47 Å². The van der Waals surface area contributed by atoms with Gasteiger partial charge >= 0.3 is 0 Å². The minimum atomic E-state index is 0.559. The van der Waals surface area contributed by atoms with Crippen molar-refractivity contribution in [2.45, 2.75) is 12.8 Å². The molecule has 2 heterocycles. The predicted molar refractivity (Wildman–Crippen MR) is 68.3 cm³/mol. The Morgan fingerprint density at radius 2 is 2.24 bits per heavy atom. The molecule has 0 aliphatic carbocycles. The van der Waals surface area contributed by atoms with Crippen LogP contribution in [0.2, 0.25) is 0 Å². The van der Waals surface area contributed by atoms with Crippen molar-refractivity contribution in [3.63, 3.8) is 0 Å². The van der Waals surface area contributed by atoms with Gasteiger partial charge in [-0.2, -0.15) is 0 Å². The second kappa shape index (κ2) is 6.16. The largest absolute Gasteiger partial charge is 0.476 e. The molecule has 0 radical (unpaired) electrons. The van der Waals surface area contributed by atoms with Gasteiger partial charge in [-0.15, -0.1) is 0 Å². The van der Waals surface area contributed by atoms with E-state index in [0.717, 1.165) is 36.3 Å². The van der Waals surface area contributed by atoms with Crippen molar-refractivity contribution in [1.82, 2.24) is 9.97 Å². The molecular weight excluding hydrogens is 286 g/mol. The van der Waals surface area contributed by atoms with Gasteiger partial charge in [-0.1, -0.05) is 0 Å². The quantitative estimate of drug-likeness (QED) is 0.923. The van der Waals surface area contributed by atoms with Gasteiger partial charge in [-0.3, -0.25) is 0 Å². The Hall–Kier alpha value is -0.880. The Morgan fingerprint density at radius 3 is 2.94 bits per heavy atom. The standard InChI is InChI=1S/C11H16BrN3O2/c1-13-10-9(12)11(15-7-14-10)17-6-8-2-4-16-5-3-8/h7-8H,2-6H2,1H3,(H,13,14,15). The average Bonchev–Trinajstić information content (AvgIpc) is 2.39. The van der Waals surface area contributed by atoms with E-state index in [1.54, 1.807) is 0 Å². The van der Waals surface area contributed by atoms with Crippen LogP contribution in [0.1, 0.15) is 12.8 Å². The predicted octanol–water partition coefficient (Wildman–Crippen LogP) is 2.09. The van der Waals surface area contributed by atoms with Gasteiger partial charge in [0.05, 0.1) is 6.61 Å². The van der Waals surface area contributed by atoms with E-state index in [2.05, 4.69) is 31.2 Å². The molecule has 17 heavy (non-hydrogen) atoms. The summed E-state index contributed by atoms with van der Waals surface area (Å²) in [4.78, 5) is 8.20. The summed E-state index contributed by atoms with van der Waals surface area (Å²) in [6.07, 6.45) is 3.61. The zero-order chi connectivity index (χ0) is 12.1. The lowest BCUT2D eigenvalue weighted by Gasteiger charge is -2.22. The van der Waals surface area contributed by atoms with Crippen LogP contribution in [-0.4, -0.2) is 36.8 Å². The Labute approximate surface area is 109 Å². The van der Waals surface area contributed by atoms with Crippen LogP contribution < -0.4 is 10.1 Å². The van der Waals surface area contributed by atoms with Crippen LogP contribution in [0.4, 0.5) is 5.82 Å². The molecule has 0 atom stereocenters. The summed E-state index contributed by atoms with van der Waals surface area (Å²) >= 11 is 3.43. The summed E-state index contributed by atoms with van der Waals surface area (Å²) < 4.78 is 11.8. The summed E-state index contributed by atoms with van der Waals surface area (Å²) in [7, 11) is 1.81. The summed E-state index contributed by atoms with van der Waals surface area (Å²) in [6.45, 7) is 2.35. The van der Waals surface area contributed by atoms with Crippen molar-refractivity contribution in [3.8, 4) is 5.88 Å². The number of aromatic nitrogens is 2. The Morgan fingerprint density at radius 1 is 1.47 bits per heavy atom. The van der Waals surface area contributed by atoms with Gasteiger partial charge in [0.25, 0.3) is 0 Å². The van der Waals surface area contributed by atoms with E-state index in [9.17, 15) is 0 Å². The van der Waals surface area contributed by atoms with Gasteiger partial charge < -0.3 is 14.8 Å². The molecule has 1 aliphatic rings. The lowest BCUT2D eigenvalue weighted by atomic mass is 10.0. The highest BCUT2D eigenvalue weighted by Crippen LogP contribution is 2.28. The van der Waals surface area contributed by atoms with E-state index >= 15 is 0 Å². The van der Waals surface area contributed by atoms with E-state index in [4.69, 9.17) is 9.47 Å². The monoisotopic (exact) mass is 301 g/mol. The number of hydrogen-bond donors (Lipinski definition) is 1. The van der Waals surface area contributed by atoms with E-state index in [0.29, 0.717) is 18.4 Å². The Balaban J connectivity index is 1.93. The molecule has 6 heteroatoms. The van der Waals surface area contributed by atoms with Crippen LogP contribution in [0, 0.1) is 5.92 Å². The number of halogens is 1. The number of nitrogens with one attached hydrogen (secondary N) is 1. The lowest BCUT2D eigenvalue weighted by molar-refractivity contribution is 0.0489. The third-order valence-electron chi connectivity index (χ3n) is 2.79. The lowest BCUT2D eigenvalue weighted by Crippen LogP contribution is -2.21. The fourth-order valence-electron chi connectivity index (χ4n) is 1.74. The van der Waals surface area contributed by atoms with Crippen LogP contribution in [0.15, 0.2) is 10.8 Å². The summed E-state index contributed by atoms with van der Waals surface area (Å²) in [5.41, 5.74) is 0. The van der Waals surface area contributed by atoms with Gasteiger partial charge in [0.2, 0.25) is 5.88 Å². The smallest absolute Gasteiger partial charge is 0.233 e. The third kappa shape index (κ3) is 3.29. The minimum absolute atomic E-state index is 0.559. The molecule has 1 aromatic rings. The zero-order valence-electron chi connectivity index (χ0n) is 9.78. The molecule has 1 aliphatic heterocycles. The molecule has 0 amide bonds. The normalized spacial score (nSPS) is 16.8. The molecule has 0 bridgehead atoms. The number of rotatable bonds is 4. The van der Waals surface area contributed by atoms with Crippen molar-refractivity contribution in [1.29, 1.82) is 0 Å². The molecule has 0 saturated carbocycles. The molecule has 0 spiro atoms. The van der Waals surface area contributed by atoms with Gasteiger partial charge in [-0.25, -0.2) is 9.97 Å². The van der Waals surface area contributed by atoms with Crippen LogP contribution in [-0.2, 0) is 4.74 Å². The van der Waals surface area contributed by atoms with Crippen molar-refractivity contribution >= 4 is 21.7 Å². The fraction of sp³-hybridized carbons (Fsp3) is 0.636. The Kier molecular flexibility index (Phi) is 4.56. The number of anilines is 1. The highest BCUT2D eigenvalue weighted by atomic mass is 79.9.